The van der Waals surface area contributed by atoms with Crippen molar-refractivity contribution in [1.29, 1.82) is 0 Å². The number of anilines is 1. The fourth-order valence-corrected chi connectivity index (χ4v) is 5.28. The van der Waals surface area contributed by atoms with Gasteiger partial charge < -0.3 is 5.32 Å². The molecule has 2 aromatic carbocycles. The van der Waals surface area contributed by atoms with E-state index in [4.69, 9.17) is 0 Å². The van der Waals surface area contributed by atoms with Crippen molar-refractivity contribution in [2.45, 2.75) is 23.9 Å². The highest BCUT2D eigenvalue weighted by Gasteiger charge is 2.35. The lowest BCUT2D eigenvalue weighted by Crippen LogP contribution is -2.41. The number of aromatic nitrogens is 2. The molecule has 2 heterocycles. The number of rotatable bonds is 5. The van der Waals surface area contributed by atoms with E-state index in [9.17, 15) is 30.8 Å². The first-order valence-corrected chi connectivity index (χ1v) is 11.8. The van der Waals surface area contributed by atoms with Gasteiger partial charge in [-0.3, -0.25) is 4.79 Å². The first-order chi connectivity index (χ1) is 16.1. The number of nitrogens with zero attached hydrogens (tertiary/aromatic N) is 3. The molecule has 1 N–H and O–H groups in total. The minimum Gasteiger partial charge on any atom is -0.326 e. The zero-order chi connectivity index (χ0) is 24.5. The number of hydrogen-bond acceptors (Lipinski definition) is 4. The van der Waals surface area contributed by atoms with Crippen LogP contribution >= 0.6 is 0 Å². The number of nitrogens with one attached hydrogen (secondary N) is 1. The Morgan fingerprint density at radius 1 is 1.06 bits per heavy atom. The molecule has 0 atom stereocenters. The summed E-state index contributed by atoms with van der Waals surface area (Å²) in [6.07, 6.45) is -1.21. The van der Waals surface area contributed by atoms with Crippen LogP contribution in [0.4, 0.5) is 23.2 Å². The lowest BCUT2D eigenvalue weighted by molar-refractivity contribution is -0.137. The third-order valence-corrected chi connectivity index (χ3v) is 7.48. The molecule has 34 heavy (non-hydrogen) atoms. The topological polar surface area (TPSA) is 84.3 Å². The van der Waals surface area contributed by atoms with Gasteiger partial charge in [-0.05, 0) is 55.3 Å². The molecule has 0 saturated carbocycles. The normalized spacial score (nSPS) is 15.9. The molecule has 0 aliphatic carbocycles. The third-order valence-electron chi connectivity index (χ3n) is 5.59. The van der Waals surface area contributed by atoms with Crippen LogP contribution in [-0.2, 0) is 21.0 Å². The maximum atomic E-state index is 14.4. The van der Waals surface area contributed by atoms with Crippen molar-refractivity contribution in [3.8, 4) is 5.69 Å². The highest BCUT2D eigenvalue weighted by Crippen LogP contribution is 2.32. The monoisotopic (exact) mass is 496 g/mol. The van der Waals surface area contributed by atoms with Gasteiger partial charge in [0.05, 0.1) is 10.5 Å². The lowest BCUT2D eigenvalue weighted by Gasteiger charge is -2.30. The van der Waals surface area contributed by atoms with Crippen LogP contribution in [0, 0.1) is 11.7 Å². The molecule has 0 spiro atoms. The van der Waals surface area contributed by atoms with Crippen LogP contribution in [-0.4, -0.2) is 41.5 Å². The van der Waals surface area contributed by atoms with E-state index in [1.54, 1.807) is 12.3 Å². The van der Waals surface area contributed by atoms with Gasteiger partial charge in [-0.1, -0.05) is 6.07 Å². The number of halogens is 4. The minimum absolute atomic E-state index is 0.0245. The summed E-state index contributed by atoms with van der Waals surface area (Å²) in [7, 11) is -4.14. The number of hydrogen-bond donors (Lipinski definition) is 1. The number of benzene rings is 2. The molecule has 0 radical (unpaired) electrons. The Labute approximate surface area is 193 Å². The Morgan fingerprint density at radius 2 is 1.79 bits per heavy atom. The standard InChI is InChI=1S/C22H20F4N4O3S/c23-19-14-17(5-6-20(19)30-10-2-9-27-30)28-21(31)15-7-11-29(12-8-15)34(32,33)18-4-1-3-16(13-18)22(24,25)26/h1-6,9-10,13-15H,7-8,11-12H2,(H,28,31). The summed E-state index contributed by atoms with van der Waals surface area (Å²) >= 11 is 0. The van der Waals surface area contributed by atoms with Gasteiger partial charge in [0.2, 0.25) is 15.9 Å². The Hall–Kier alpha value is -3.25. The molecular formula is C22H20F4N4O3S. The number of alkyl halides is 3. The first-order valence-electron chi connectivity index (χ1n) is 10.3. The molecule has 1 aliphatic rings. The molecule has 180 valence electrons. The maximum absolute atomic E-state index is 14.4. The van der Waals surface area contributed by atoms with E-state index in [1.165, 1.54) is 29.1 Å². The molecule has 1 amide bonds. The molecule has 7 nitrogen and oxygen atoms in total. The summed E-state index contributed by atoms with van der Waals surface area (Å²) in [5, 5.41) is 6.59. The number of sulfonamides is 1. The average Bonchev–Trinajstić information content (AvgIpc) is 3.33. The molecular weight excluding hydrogens is 476 g/mol. The Balaban J connectivity index is 1.39. The largest absolute Gasteiger partial charge is 0.416 e. The molecule has 1 fully saturated rings. The van der Waals surface area contributed by atoms with Crippen LogP contribution in [0.15, 0.2) is 65.8 Å². The van der Waals surface area contributed by atoms with E-state index in [0.29, 0.717) is 6.07 Å². The summed E-state index contributed by atoms with van der Waals surface area (Å²) in [6, 6.07) is 9.40. The third kappa shape index (κ3) is 4.97. The van der Waals surface area contributed by atoms with Gasteiger partial charge in [0.15, 0.2) is 5.82 Å². The Bertz CT molecular complexity index is 1290. The van der Waals surface area contributed by atoms with Crippen LogP contribution < -0.4 is 5.32 Å². The van der Waals surface area contributed by atoms with Crippen LogP contribution in [0.2, 0.25) is 0 Å². The summed E-state index contributed by atoms with van der Waals surface area (Å²) in [4.78, 5) is 12.2. The number of carbonyl (C=O) groups excluding carboxylic acids is 1. The van der Waals surface area contributed by atoms with E-state index < -0.39 is 38.4 Å². The van der Waals surface area contributed by atoms with Crippen molar-refractivity contribution < 1.29 is 30.8 Å². The second-order valence-electron chi connectivity index (χ2n) is 7.81. The SMILES string of the molecule is O=C(Nc1ccc(-n2cccn2)c(F)c1)C1CCN(S(=O)(=O)c2cccc(C(F)(F)F)c2)CC1. The van der Waals surface area contributed by atoms with Gasteiger partial charge in [-0.25, -0.2) is 17.5 Å². The molecule has 0 bridgehead atoms. The van der Waals surface area contributed by atoms with E-state index in [2.05, 4.69) is 10.4 Å². The predicted molar refractivity (Wildman–Crippen MR) is 115 cm³/mol. The van der Waals surface area contributed by atoms with E-state index in [-0.39, 0.29) is 43.2 Å². The van der Waals surface area contributed by atoms with Crippen molar-refractivity contribution in [2.24, 2.45) is 5.92 Å². The van der Waals surface area contributed by atoms with Crippen molar-refractivity contribution in [3.05, 3.63) is 72.3 Å². The van der Waals surface area contributed by atoms with E-state index in [0.717, 1.165) is 22.5 Å². The van der Waals surface area contributed by atoms with Crippen LogP contribution in [0.25, 0.3) is 5.69 Å². The minimum atomic E-state index is -4.66. The summed E-state index contributed by atoms with van der Waals surface area (Å²) < 4.78 is 81.3. The van der Waals surface area contributed by atoms with Gasteiger partial charge >= 0.3 is 6.18 Å². The smallest absolute Gasteiger partial charge is 0.326 e. The predicted octanol–water partition coefficient (Wildman–Crippen LogP) is 4.07. The van der Waals surface area contributed by atoms with Gasteiger partial charge in [-0.2, -0.15) is 22.6 Å². The molecule has 1 aliphatic heterocycles. The Morgan fingerprint density at radius 3 is 2.41 bits per heavy atom. The fraction of sp³-hybridized carbons (Fsp3) is 0.273. The lowest BCUT2D eigenvalue weighted by atomic mass is 9.97. The summed E-state index contributed by atoms with van der Waals surface area (Å²) in [5.74, 6) is -1.49. The second-order valence-corrected chi connectivity index (χ2v) is 9.75. The molecule has 4 rings (SSSR count). The van der Waals surface area contributed by atoms with E-state index >= 15 is 0 Å². The van der Waals surface area contributed by atoms with Gasteiger partial charge in [0.25, 0.3) is 0 Å². The number of amides is 1. The molecule has 1 saturated heterocycles. The van der Waals surface area contributed by atoms with Gasteiger partial charge in [-0.15, -0.1) is 0 Å². The number of piperidine rings is 1. The van der Waals surface area contributed by atoms with Crippen molar-refractivity contribution >= 4 is 21.6 Å². The van der Waals surface area contributed by atoms with E-state index in [1.807, 2.05) is 0 Å². The van der Waals surface area contributed by atoms with Crippen molar-refractivity contribution in [1.82, 2.24) is 14.1 Å². The highest BCUT2D eigenvalue weighted by molar-refractivity contribution is 7.89. The number of carbonyl (C=O) groups is 1. The van der Waals surface area contributed by atoms with Crippen LogP contribution in [0.1, 0.15) is 18.4 Å². The maximum Gasteiger partial charge on any atom is 0.416 e. The van der Waals surface area contributed by atoms with Crippen LogP contribution in [0.5, 0.6) is 0 Å². The molecule has 12 heteroatoms. The zero-order valence-corrected chi connectivity index (χ0v) is 18.5. The second kappa shape index (κ2) is 9.18. The highest BCUT2D eigenvalue weighted by atomic mass is 32.2. The molecule has 1 aromatic heterocycles. The van der Waals surface area contributed by atoms with Gasteiger partial charge in [0, 0.05) is 37.1 Å². The van der Waals surface area contributed by atoms with Crippen molar-refractivity contribution in [3.63, 3.8) is 0 Å². The quantitative estimate of drug-likeness (QED) is 0.540. The summed E-state index contributed by atoms with van der Waals surface area (Å²) in [5.41, 5.74) is -0.581. The zero-order valence-electron chi connectivity index (χ0n) is 17.7. The fourth-order valence-electron chi connectivity index (χ4n) is 3.77. The first kappa shape index (κ1) is 23.9. The van der Waals surface area contributed by atoms with Gasteiger partial charge in [0.1, 0.15) is 5.69 Å². The molecule has 3 aromatic rings. The van der Waals surface area contributed by atoms with Crippen molar-refractivity contribution in [2.75, 3.05) is 18.4 Å². The Kier molecular flexibility index (Phi) is 6.45. The molecule has 0 unspecified atom stereocenters. The average molecular weight is 496 g/mol. The summed E-state index contributed by atoms with van der Waals surface area (Å²) in [6.45, 7) is -0.0491. The van der Waals surface area contributed by atoms with Crippen LogP contribution in [0.3, 0.4) is 0 Å².